The van der Waals surface area contributed by atoms with Crippen LogP contribution in [0.15, 0.2) is 35.6 Å². The van der Waals surface area contributed by atoms with Gasteiger partial charge in [0.05, 0.1) is 12.1 Å². The first-order valence-corrected chi connectivity index (χ1v) is 7.75. The van der Waals surface area contributed by atoms with Crippen LogP contribution in [0.2, 0.25) is 5.02 Å². The van der Waals surface area contributed by atoms with Gasteiger partial charge in [-0.3, -0.25) is 9.89 Å². The van der Waals surface area contributed by atoms with E-state index in [9.17, 15) is 4.79 Å². The number of ketones is 1. The van der Waals surface area contributed by atoms with Crippen molar-refractivity contribution in [2.75, 3.05) is 5.75 Å². The first-order chi connectivity index (χ1) is 10.1. The zero-order valence-corrected chi connectivity index (χ0v) is 13.0. The van der Waals surface area contributed by atoms with Gasteiger partial charge in [0.15, 0.2) is 5.78 Å². The second kappa shape index (κ2) is 5.97. The molecule has 3 aromatic rings. The molecule has 0 spiro atoms. The fraction of sp³-hybridized carbons (Fsp3) is 0.0769. The highest BCUT2D eigenvalue weighted by atomic mass is 35.5. The lowest BCUT2D eigenvalue weighted by atomic mass is 10.1. The molecule has 0 aliphatic heterocycles. The highest BCUT2D eigenvalue weighted by Crippen LogP contribution is 2.24. The van der Waals surface area contributed by atoms with Crippen LogP contribution in [0, 0.1) is 4.64 Å². The third-order valence-corrected chi connectivity index (χ3v) is 4.35. The number of rotatable bonds is 4. The van der Waals surface area contributed by atoms with Crippen molar-refractivity contribution < 1.29 is 4.79 Å². The molecule has 0 fully saturated rings. The maximum atomic E-state index is 12.1. The number of nitrogens with zero attached hydrogens (tertiary/aromatic N) is 2. The summed E-state index contributed by atoms with van der Waals surface area (Å²) in [6.45, 7) is 0. The summed E-state index contributed by atoms with van der Waals surface area (Å²) in [4.78, 5) is 19.2. The lowest BCUT2D eigenvalue weighted by molar-refractivity contribution is 0.102. The Morgan fingerprint density at radius 2 is 2.10 bits per heavy atom. The van der Waals surface area contributed by atoms with Crippen molar-refractivity contribution in [2.45, 2.75) is 5.03 Å². The molecule has 21 heavy (non-hydrogen) atoms. The Hall–Kier alpha value is -1.70. The van der Waals surface area contributed by atoms with Crippen LogP contribution in [-0.2, 0) is 0 Å². The molecule has 0 aliphatic rings. The van der Waals surface area contributed by atoms with Crippen molar-refractivity contribution >= 4 is 52.4 Å². The Balaban J connectivity index is 1.79. The molecule has 0 unspecified atom stereocenters. The van der Waals surface area contributed by atoms with Gasteiger partial charge in [-0.25, -0.2) is 4.98 Å². The summed E-state index contributed by atoms with van der Waals surface area (Å²) in [7, 11) is 0. The standard InChI is InChI=1S/C13H9ClN4OS2/c14-8-3-1-7(2-4-8)9(19)5-21-13-11-10(15-6-16-11)12(20)17-18-13/h1-4,6H,5H2,(H,15,16)(H,17,20). The molecule has 5 nitrogen and oxygen atoms in total. The Labute approximate surface area is 134 Å². The van der Waals surface area contributed by atoms with Crippen LogP contribution < -0.4 is 0 Å². The first kappa shape index (κ1) is 14.2. The molecular formula is C13H9ClN4OS2. The molecule has 3 rings (SSSR count). The van der Waals surface area contributed by atoms with Crippen LogP contribution in [0.25, 0.3) is 11.0 Å². The van der Waals surface area contributed by atoms with Gasteiger partial charge >= 0.3 is 0 Å². The van der Waals surface area contributed by atoms with E-state index >= 15 is 0 Å². The highest BCUT2D eigenvalue weighted by molar-refractivity contribution is 8.00. The average Bonchev–Trinajstić information content (AvgIpc) is 2.97. The maximum Gasteiger partial charge on any atom is 0.173 e. The Kier molecular flexibility index (Phi) is 4.05. The number of Topliss-reactive ketones (excluding diaryl/α,β-unsaturated/α-hetero) is 1. The number of imidazole rings is 1. The predicted molar refractivity (Wildman–Crippen MR) is 85.6 cm³/mol. The molecule has 0 saturated heterocycles. The molecule has 2 aromatic heterocycles. The SMILES string of the molecule is O=C(CSc1n[nH]c(=S)c2nc[nH]c12)c1ccc(Cl)cc1. The van der Waals surface area contributed by atoms with Crippen molar-refractivity contribution in [2.24, 2.45) is 0 Å². The number of nitrogens with one attached hydrogen (secondary N) is 2. The van der Waals surface area contributed by atoms with E-state index in [0.29, 0.717) is 25.8 Å². The number of benzene rings is 1. The predicted octanol–water partition coefficient (Wildman–Crippen LogP) is 3.64. The van der Waals surface area contributed by atoms with Gasteiger partial charge in [-0.15, -0.1) is 0 Å². The molecule has 2 heterocycles. The average molecular weight is 337 g/mol. The molecule has 0 saturated carbocycles. The van der Waals surface area contributed by atoms with E-state index in [1.165, 1.54) is 11.8 Å². The van der Waals surface area contributed by atoms with Crippen LogP contribution in [0.3, 0.4) is 0 Å². The number of thioether (sulfide) groups is 1. The van der Waals surface area contributed by atoms with Gasteiger partial charge < -0.3 is 4.98 Å². The minimum atomic E-state index is 0.00795. The number of aromatic amines is 2. The summed E-state index contributed by atoms with van der Waals surface area (Å²) in [6, 6.07) is 6.82. The number of aromatic nitrogens is 4. The van der Waals surface area contributed by atoms with Crippen LogP contribution in [0.5, 0.6) is 0 Å². The van der Waals surface area contributed by atoms with E-state index in [4.69, 9.17) is 23.8 Å². The zero-order valence-electron chi connectivity index (χ0n) is 10.6. The molecule has 8 heteroatoms. The van der Waals surface area contributed by atoms with Crippen LogP contribution >= 0.6 is 35.6 Å². The number of hydrogen-bond donors (Lipinski definition) is 2. The number of fused-ring (bicyclic) bond motifs is 1. The molecule has 0 atom stereocenters. The quantitative estimate of drug-likeness (QED) is 0.432. The lowest BCUT2D eigenvalue weighted by Gasteiger charge is -2.02. The Bertz CT molecular complexity index is 856. The second-order valence-electron chi connectivity index (χ2n) is 4.20. The largest absolute Gasteiger partial charge is 0.342 e. The normalized spacial score (nSPS) is 10.9. The summed E-state index contributed by atoms with van der Waals surface area (Å²) < 4.78 is 0.472. The van der Waals surface area contributed by atoms with Gasteiger partial charge in [-0.2, -0.15) is 5.10 Å². The number of carbonyl (C=O) groups excluding carboxylic acids is 1. The van der Waals surface area contributed by atoms with E-state index in [2.05, 4.69) is 20.2 Å². The molecule has 0 amide bonds. The number of hydrogen-bond acceptors (Lipinski definition) is 5. The highest BCUT2D eigenvalue weighted by Gasteiger charge is 2.11. The first-order valence-electron chi connectivity index (χ1n) is 5.98. The van der Waals surface area contributed by atoms with Gasteiger partial charge in [0.25, 0.3) is 0 Å². The molecule has 0 aliphatic carbocycles. The number of H-pyrrole nitrogens is 2. The summed E-state index contributed by atoms with van der Waals surface area (Å²) >= 11 is 12.2. The molecule has 1 aromatic carbocycles. The Morgan fingerprint density at radius 1 is 1.33 bits per heavy atom. The summed E-state index contributed by atoms with van der Waals surface area (Å²) in [5.41, 5.74) is 2.02. The number of carbonyl (C=O) groups is 1. The zero-order chi connectivity index (χ0) is 14.8. The number of halogens is 1. The monoisotopic (exact) mass is 336 g/mol. The lowest BCUT2D eigenvalue weighted by Crippen LogP contribution is -2.02. The van der Waals surface area contributed by atoms with E-state index in [1.807, 2.05) is 0 Å². The van der Waals surface area contributed by atoms with Gasteiger partial charge in [0, 0.05) is 10.6 Å². The molecular weight excluding hydrogens is 328 g/mol. The molecule has 106 valence electrons. The summed E-state index contributed by atoms with van der Waals surface area (Å²) in [6.07, 6.45) is 1.56. The minimum absolute atomic E-state index is 0.00795. The third kappa shape index (κ3) is 2.99. The van der Waals surface area contributed by atoms with E-state index < -0.39 is 0 Å². The van der Waals surface area contributed by atoms with Crippen molar-refractivity contribution in [3.63, 3.8) is 0 Å². The maximum absolute atomic E-state index is 12.1. The molecule has 0 bridgehead atoms. The Morgan fingerprint density at radius 3 is 2.86 bits per heavy atom. The van der Waals surface area contributed by atoms with Gasteiger partial charge in [0.1, 0.15) is 20.7 Å². The van der Waals surface area contributed by atoms with Gasteiger partial charge in [0.2, 0.25) is 0 Å². The smallest absolute Gasteiger partial charge is 0.173 e. The van der Waals surface area contributed by atoms with E-state index in [1.54, 1.807) is 30.6 Å². The summed E-state index contributed by atoms with van der Waals surface area (Å²) in [5, 5.41) is 8.15. The fourth-order valence-electron chi connectivity index (χ4n) is 1.80. The fourth-order valence-corrected chi connectivity index (χ4v) is 2.97. The van der Waals surface area contributed by atoms with Gasteiger partial charge in [-0.05, 0) is 24.3 Å². The summed E-state index contributed by atoms with van der Waals surface area (Å²) in [5.74, 6) is 0.279. The molecule has 0 radical (unpaired) electrons. The van der Waals surface area contributed by atoms with E-state index in [0.717, 1.165) is 5.52 Å². The van der Waals surface area contributed by atoms with Crippen molar-refractivity contribution in [1.82, 2.24) is 20.2 Å². The third-order valence-electron chi connectivity index (χ3n) is 2.83. The van der Waals surface area contributed by atoms with Crippen LogP contribution in [-0.4, -0.2) is 31.7 Å². The van der Waals surface area contributed by atoms with E-state index in [-0.39, 0.29) is 11.5 Å². The minimum Gasteiger partial charge on any atom is -0.342 e. The topological polar surface area (TPSA) is 74.4 Å². The molecule has 2 N–H and O–H groups in total. The second-order valence-corrected chi connectivity index (χ2v) is 6.01. The van der Waals surface area contributed by atoms with Crippen LogP contribution in [0.1, 0.15) is 10.4 Å². The van der Waals surface area contributed by atoms with Crippen molar-refractivity contribution in [1.29, 1.82) is 0 Å². The van der Waals surface area contributed by atoms with Crippen molar-refractivity contribution in [3.05, 3.63) is 45.8 Å². The van der Waals surface area contributed by atoms with Gasteiger partial charge in [-0.1, -0.05) is 35.6 Å². The van der Waals surface area contributed by atoms with Crippen molar-refractivity contribution in [3.8, 4) is 0 Å². The van der Waals surface area contributed by atoms with Crippen LogP contribution in [0.4, 0.5) is 0 Å².